The average Bonchev–Trinajstić information content (AvgIpc) is 3.41. The number of halogens is 2. The smallest absolute Gasteiger partial charge is 0.257 e. The quantitative estimate of drug-likeness (QED) is 0.209. The number of nitrogens with one attached hydrogen (secondary N) is 1. The predicted molar refractivity (Wildman–Crippen MR) is 141 cm³/mol. The van der Waals surface area contributed by atoms with Crippen LogP contribution in [0.4, 0.5) is 10.8 Å². The largest absolute Gasteiger partial charge is 0.444 e. The van der Waals surface area contributed by atoms with Crippen LogP contribution in [-0.4, -0.2) is 39.6 Å². The number of nitrogens with zero attached hydrogens (tertiary/aromatic N) is 3. The van der Waals surface area contributed by atoms with Crippen molar-refractivity contribution in [2.75, 3.05) is 34.0 Å². The molecule has 1 N–H and O–H groups in total. The Balaban J connectivity index is 1.55. The standard InChI is InChI=1S/C22H26Br2N4O2S2/c1-22(2,3)17-12-25-18(30-17)14-31-19-13-26-21(32-19)27-20(29)15-4-6-16(7-5-15)28(10-8-23)11-9-24/h4-7,12-13H,8-11,14H2,1-3H3,(H,26,27,29). The maximum Gasteiger partial charge on any atom is 0.257 e. The number of carbonyl (C=O) groups excluding carboxylic acids is 1. The molecule has 1 aromatic carbocycles. The number of amides is 1. The third-order valence-corrected chi connectivity index (χ3v) is 7.34. The Morgan fingerprint density at radius 1 is 1.12 bits per heavy atom. The van der Waals surface area contributed by atoms with E-state index >= 15 is 0 Å². The highest BCUT2D eigenvalue weighted by Gasteiger charge is 2.19. The van der Waals surface area contributed by atoms with Crippen molar-refractivity contribution in [1.29, 1.82) is 0 Å². The first-order valence-electron chi connectivity index (χ1n) is 10.1. The molecular formula is C22H26Br2N4O2S2. The summed E-state index contributed by atoms with van der Waals surface area (Å²) >= 11 is 10.0. The number of thioether (sulfide) groups is 1. The second-order valence-electron chi connectivity index (χ2n) is 8.01. The molecule has 0 bridgehead atoms. The fourth-order valence-corrected chi connectivity index (χ4v) is 5.38. The first-order chi connectivity index (χ1) is 15.3. The third kappa shape index (κ3) is 7.07. The molecule has 3 aromatic rings. The van der Waals surface area contributed by atoms with Crippen LogP contribution in [0.5, 0.6) is 0 Å². The maximum atomic E-state index is 12.6. The van der Waals surface area contributed by atoms with Gasteiger partial charge in [-0.15, -0.1) is 11.8 Å². The topological polar surface area (TPSA) is 71.3 Å². The number of benzene rings is 1. The van der Waals surface area contributed by atoms with Gasteiger partial charge in [0.1, 0.15) is 5.76 Å². The summed E-state index contributed by atoms with van der Waals surface area (Å²) in [7, 11) is 0. The SMILES string of the molecule is CC(C)(C)c1cnc(CSc2cnc(NC(=O)c3ccc(N(CCBr)CCBr)cc3)s2)o1. The number of aromatic nitrogens is 2. The van der Waals surface area contributed by atoms with E-state index in [1.165, 1.54) is 11.3 Å². The van der Waals surface area contributed by atoms with Crippen molar-refractivity contribution >= 4 is 71.7 Å². The zero-order valence-electron chi connectivity index (χ0n) is 18.2. The lowest BCUT2D eigenvalue weighted by molar-refractivity contribution is 0.102. The second-order valence-corrected chi connectivity index (χ2v) is 11.9. The number of hydrogen-bond acceptors (Lipinski definition) is 7. The zero-order chi connectivity index (χ0) is 23.1. The summed E-state index contributed by atoms with van der Waals surface area (Å²) in [5.74, 6) is 2.01. The zero-order valence-corrected chi connectivity index (χ0v) is 23.0. The van der Waals surface area contributed by atoms with Gasteiger partial charge in [-0.05, 0) is 24.3 Å². The van der Waals surface area contributed by atoms with Gasteiger partial charge in [0.2, 0.25) is 5.89 Å². The molecule has 0 saturated carbocycles. The molecule has 3 rings (SSSR count). The van der Waals surface area contributed by atoms with E-state index < -0.39 is 0 Å². The first-order valence-corrected chi connectivity index (χ1v) is 14.2. The minimum Gasteiger partial charge on any atom is -0.444 e. The minimum absolute atomic E-state index is 0.0594. The molecule has 0 spiro atoms. The van der Waals surface area contributed by atoms with Gasteiger partial charge >= 0.3 is 0 Å². The molecule has 172 valence electrons. The minimum atomic E-state index is -0.169. The van der Waals surface area contributed by atoms with Gasteiger partial charge < -0.3 is 9.32 Å². The second kappa shape index (κ2) is 11.7. The molecule has 2 aromatic heterocycles. The number of oxazole rings is 1. The van der Waals surface area contributed by atoms with Crippen LogP contribution < -0.4 is 10.2 Å². The number of rotatable bonds is 10. The molecule has 32 heavy (non-hydrogen) atoms. The molecule has 0 aliphatic rings. The Kier molecular flexibility index (Phi) is 9.22. The number of carbonyl (C=O) groups is 1. The van der Waals surface area contributed by atoms with E-state index in [2.05, 4.69) is 72.8 Å². The number of hydrogen-bond donors (Lipinski definition) is 1. The predicted octanol–water partition coefficient (Wildman–Crippen LogP) is 6.57. The molecule has 1 amide bonds. The maximum absolute atomic E-state index is 12.6. The van der Waals surface area contributed by atoms with Crippen molar-refractivity contribution in [2.24, 2.45) is 0 Å². The van der Waals surface area contributed by atoms with Crippen LogP contribution in [0.3, 0.4) is 0 Å². The lowest BCUT2D eigenvalue weighted by Crippen LogP contribution is -2.27. The number of thiazole rings is 1. The van der Waals surface area contributed by atoms with Gasteiger partial charge in [-0.1, -0.05) is 64.0 Å². The van der Waals surface area contributed by atoms with Crippen LogP contribution in [0.2, 0.25) is 0 Å². The fourth-order valence-electron chi connectivity index (χ4n) is 2.81. The molecular weight excluding hydrogens is 576 g/mol. The molecule has 6 nitrogen and oxygen atoms in total. The molecule has 0 fully saturated rings. The fraction of sp³-hybridized carbons (Fsp3) is 0.409. The molecule has 0 unspecified atom stereocenters. The van der Waals surface area contributed by atoms with Gasteiger partial charge in [0.15, 0.2) is 5.13 Å². The molecule has 0 aliphatic carbocycles. The van der Waals surface area contributed by atoms with Crippen LogP contribution in [0.15, 0.2) is 45.3 Å². The van der Waals surface area contributed by atoms with E-state index in [0.717, 1.165) is 39.4 Å². The van der Waals surface area contributed by atoms with Gasteiger partial charge in [-0.3, -0.25) is 10.1 Å². The van der Waals surface area contributed by atoms with Crippen molar-refractivity contribution < 1.29 is 9.21 Å². The number of alkyl halides is 2. The Morgan fingerprint density at radius 2 is 1.81 bits per heavy atom. The van der Waals surface area contributed by atoms with Crippen LogP contribution in [0.1, 0.15) is 42.8 Å². The summed E-state index contributed by atoms with van der Waals surface area (Å²) in [6.07, 6.45) is 3.55. The van der Waals surface area contributed by atoms with Crippen molar-refractivity contribution in [3.63, 3.8) is 0 Å². The summed E-state index contributed by atoms with van der Waals surface area (Å²) in [5.41, 5.74) is 1.63. The average molecular weight is 602 g/mol. The van der Waals surface area contributed by atoms with Crippen molar-refractivity contribution in [2.45, 2.75) is 36.1 Å². The Morgan fingerprint density at radius 3 is 2.41 bits per heavy atom. The van der Waals surface area contributed by atoms with Gasteiger partial charge in [-0.25, -0.2) is 9.97 Å². The van der Waals surface area contributed by atoms with Gasteiger partial charge in [-0.2, -0.15) is 0 Å². The molecule has 2 heterocycles. The monoisotopic (exact) mass is 600 g/mol. The Labute approximate surface area is 213 Å². The summed E-state index contributed by atoms with van der Waals surface area (Å²) in [4.78, 5) is 23.6. The molecule has 0 saturated heterocycles. The van der Waals surface area contributed by atoms with E-state index in [1.807, 2.05) is 24.3 Å². The summed E-state index contributed by atoms with van der Waals surface area (Å²) in [6.45, 7) is 8.10. The van der Waals surface area contributed by atoms with Crippen LogP contribution in [0.25, 0.3) is 0 Å². The highest BCUT2D eigenvalue weighted by atomic mass is 79.9. The Hall–Kier alpha value is -1.36. The highest BCUT2D eigenvalue weighted by molar-refractivity contribution is 9.09. The molecule has 0 atom stereocenters. The lowest BCUT2D eigenvalue weighted by Gasteiger charge is -2.23. The summed E-state index contributed by atoms with van der Waals surface area (Å²) < 4.78 is 6.82. The molecule has 0 radical (unpaired) electrons. The van der Waals surface area contributed by atoms with Crippen LogP contribution in [0, 0.1) is 0 Å². The molecule has 10 heteroatoms. The first kappa shape index (κ1) is 25.3. The summed E-state index contributed by atoms with van der Waals surface area (Å²) in [6, 6.07) is 7.65. The van der Waals surface area contributed by atoms with Crippen molar-refractivity contribution in [1.82, 2.24) is 9.97 Å². The van der Waals surface area contributed by atoms with E-state index in [4.69, 9.17) is 4.42 Å². The van der Waals surface area contributed by atoms with E-state index in [0.29, 0.717) is 22.3 Å². The van der Waals surface area contributed by atoms with Gasteiger partial charge in [0.05, 0.1) is 22.4 Å². The highest BCUT2D eigenvalue weighted by Crippen LogP contribution is 2.32. The van der Waals surface area contributed by atoms with Crippen LogP contribution in [-0.2, 0) is 11.2 Å². The normalized spacial score (nSPS) is 11.5. The van der Waals surface area contributed by atoms with Crippen molar-refractivity contribution in [3.05, 3.63) is 53.9 Å². The van der Waals surface area contributed by atoms with Crippen LogP contribution >= 0.6 is 55.0 Å². The van der Waals surface area contributed by atoms with Crippen molar-refractivity contribution in [3.8, 4) is 0 Å². The lowest BCUT2D eigenvalue weighted by atomic mass is 9.94. The van der Waals surface area contributed by atoms with Gasteiger partial charge in [0.25, 0.3) is 5.91 Å². The third-order valence-electron chi connectivity index (χ3n) is 4.54. The molecule has 0 aliphatic heterocycles. The number of anilines is 2. The van der Waals surface area contributed by atoms with Gasteiger partial charge in [0, 0.05) is 40.4 Å². The van der Waals surface area contributed by atoms with E-state index in [1.54, 1.807) is 24.2 Å². The van der Waals surface area contributed by atoms with E-state index in [9.17, 15) is 4.79 Å². The van der Waals surface area contributed by atoms with E-state index in [-0.39, 0.29) is 11.3 Å². The summed E-state index contributed by atoms with van der Waals surface area (Å²) in [5, 5.41) is 5.24. The Bertz CT molecular complexity index is 1010.